The second kappa shape index (κ2) is 5.86. The molecule has 1 aromatic carbocycles. The van der Waals surface area contributed by atoms with Gasteiger partial charge in [0.2, 0.25) is 11.8 Å². The third-order valence-corrected chi connectivity index (χ3v) is 5.46. The van der Waals surface area contributed by atoms with Gasteiger partial charge in [-0.15, -0.1) is 0 Å². The molecule has 0 spiro atoms. The van der Waals surface area contributed by atoms with Crippen LogP contribution in [0.15, 0.2) is 24.3 Å². The summed E-state index contributed by atoms with van der Waals surface area (Å²) in [5, 5.41) is 3.82. The second-order valence-corrected chi connectivity index (χ2v) is 6.67. The Morgan fingerprint density at radius 1 is 1.29 bits per heavy atom. The van der Waals surface area contributed by atoms with Crippen molar-refractivity contribution in [3.05, 3.63) is 34.9 Å². The molecular formula is C17H19ClN2O4. The molecule has 6 nitrogen and oxygen atoms in total. The number of nitrogens with zero attached hydrogens (tertiary/aromatic N) is 1. The number of carbonyl (C=O) groups is 3. The third kappa shape index (κ3) is 2.17. The number of hydrogen-bond acceptors (Lipinski definition) is 5. The maximum atomic E-state index is 12.7. The molecule has 0 radical (unpaired) electrons. The summed E-state index contributed by atoms with van der Waals surface area (Å²) in [7, 11) is 2.75. The number of halogens is 1. The highest BCUT2D eigenvalue weighted by atomic mass is 35.5. The van der Waals surface area contributed by atoms with Gasteiger partial charge in [-0.25, -0.2) is 0 Å². The maximum Gasteiger partial charge on any atom is 0.326 e. The number of fused-ring (bicyclic) bond motifs is 1. The zero-order valence-electron chi connectivity index (χ0n) is 13.7. The molecule has 7 heteroatoms. The Labute approximate surface area is 145 Å². The topological polar surface area (TPSA) is 75.7 Å². The van der Waals surface area contributed by atoms with E-state index in [-0.39, 0.29) is 11.8 Å². The fourth-order valence-electron chi connectivity index (χ4n) is 3.94. The van der Waals surface area contributed by atoms with Crippen molar-refractivity contribution >= 4 is 29.4 Å². The molecule has 0 saturated carbocycles. The van der Waals surface area contributed by atoms with Crippen molar-refractivity contribution in [1.82, 2.24) is 10.2 Å². The van der Waals surface area contributed by atoms with Crippen LogP contribution in [0.1, 0.15) is 24.9 Å². The van der Waals surface area contributed by atoms with Gasteiger partial charge in [0.25, 0.3) is 0 Å². The van der Waals surface area contributed by atoms with Crippen molar-refractivity contribution in [2.75, 3.05) is 14.2 Å². The van der Waals surface area contributed by atoms with E-state index >= 15 is 0 Å². The Balaban J connectivity index is 2.12. The summed E-state index contributed by atoms with van der Waals surface area (Å²) in [5.74, 6) is -2.55. The van der Waals surface area contributed by atoms with Crippen LogP contribution in [0.2, 0.25) is 5.02 Å². The summed E-state index contributed by atoms with van der Waals surface area (Å²) in [6.45, 7) is 1.81. The largest absolute Gasteiger partial charge is 0.468 e. The molecule has 0 aliphatic carbocycles. The minimum atomic E-state index is -1.21. The molecule has 4 atom stereocenters. The summed E-state index contributed by atoms with van der Waals surface area (Å²) in [5.41, 5.74) is -0.397. The minimum Gasteiger partial charge on any atom is -0.468 e. The molecule has 2 saturated heterocycles. The van der Waals surface area contributed by atoms with Gasteiger partial charge in [0.05, 0.1) is 18.9 Å². The minimum absolute atomic E-state index is 0.281. The first-order chi connectivity index (χ1) is 11.4. The summed E-state index contributed by atoms with van der Waals surface area (Å²) < 4.78 is 4.95. The van der Waals surface area contributed by atoms with E-state index in [1.807, 2.05) is 0 Å². The lowest BCUT2D eigenvalue weighted by atomic mass is 9.78. The van der Waals surface area contributed by atoms with Gasteiger partial charge in [0.15, 0.2) is 0 Å². The van der Waals surface area contributed by atoms with E-state index in [4.69, 9.17) is 16.3 Å². The first-order valence-electron chi connectivity index (χ1n) is 7.80. The van der Waals surface area contributed by atoms with E-state index < -0.39 is 29.4 Å². The predicted molar refractivity (Wildman–Crippen MR) is 87.1 cm³/mol. The maximum absolute atomic E-state index is 12.7. The number of amides is 2. The Morgan fingerprint density at radius 3 is 2.46 bits per heavy atom. The fourth-order valence-corrected chi connectivity index (χ4v) is 4.07. The van der Waals surface area contributed by atoms with Gasteiger partial charge < -0.3 is 4.74 Å². The number of hydrogen-bond donors (Lipinski definition) is 1. The molecule has 2 heterocycles. The molecule has 1 aromatic rings. The predicted octanol–water partition coefficient (Wildman–Crippen LogP) is 1.54. The molecule has 3 rings (SSSR count). The average Bonchev–Trinajstić information content (AvgIpc) is 3.05. The number of nitrogens with one attached hydrogen (secondary N) is 1. The Morgan fingerprint density at radius 2 is 1.92 bits per heavy atom. The SMILES string of the molecule is CCC1(C(=O)OC)NC(c2ccc(Cl)cc2)C2C(=O)N(C)C(=O)C21. The van der Waals surface area contributed by atoms with Crippen LogP contribution in [-0.4, -0.2) is 42.4 Å². The van der Waals surface area contributed by atoms with Crippen molar-refractivity contribution in [2.45, 2.75) is 24.9 Å². The van der Waals surface area contributed by atoms with Crippen molar-refractivity contribution < 1.29 is 19.1 Å². The van der Waals surface area contributed by atoms with Crippen LogP contribution in [0.4, 0.5) is 0 Å². The summed E-state index contributed by atoms with van der Waals surface area (Å²) in [6.07, 6.45) is 0.345. The Hall–Kier alpha value is -1.92. The van der Waals surface area contributed by atoms with Crippen molar-refractivity contribution in [2.24, 2.45) is 11.8 Å². The average molecular weight is 351 g/mol. The van der Waals surface area contributed by atoms with Crippen LogP contribution in [0.5, 0.6) is 0 Å². The molecule has 24 heavy (non-hydrogen) atoms. The van der Waals surface area contributed by atoms with Gasteiger partial charge in [-0.1, -0.05) is 30.7 Å². The van der Waals surface area contributed by atoms with Gasteiger partial charge in [-0.05, 0) is 24.1 Å². The van der Waals surface area contributed by atoms with Gasteiger partial charge in [-0.3, -0.25) is 24.6 Å². The number of likely N-dealkylation sites (tertiary alicyclic amines) is 1. The van der Waals surface area contributed by atoms with E-state index in [1.165, 1.54) is 14.2 Å². The molecule has 0 bridgehead atoms. The second-order valence-electron chi connectivity index (χ2n) is 6.23. The number of rotatable bonds is 3. The molecular weight excluding hydrogens is 332 g/mol. The van der Waals surface area contributed by atoms with E-state index in [1.54, 1.807) is 31.2 Å². The van der Waals surface area contributed by atoms with E-state index in [9.17, 15) is 14.4 Å². The van der Waals surface area contributed by atoms with Crippen LogP contribution < -0.4 is 5.32 Å². The zero-order valence-corrected chi connectivity index (χ0v) is 14.5. The van der Waals surface area contributed by atoms with E-state index in [2.05, 4.69) is 5.32 Å². The number of ether oxygens (including phenoxy) is 1. The molecule has 128 valence electrons. The zero-order chi connectivity index (χ0) is 17.6. The molecule has 2 amide bonds. The Kier molecular flexibility index (Phi) is 4.13. The molecule has 2 aliphatic heterocycles. The molecule has 4 unspecified atom stereocenters. The summed E-state index contributed by atoms with van der Waals surface area (Å²) in [4.78, 5) is 38.9. The number of benzene rings is 1. The summed E-state index contributed by atoms with van der Waals surface area (Å²) in [6, 6.07) is 6.60. The highest BCUT2D eigenvalue weighted by Gasteiger charge is 2.67. The van der Waals surface area contributed by atoms with Gasteiger partial charge >= 0.3 is 5.97 Å². The molecule has 0 aromatic heterocycles. The first-order valence-corrected chi connectivity index (χ1v) is 8.18. The van der Waals surface area contributed by atoms with Crippen LogP contribution in [-0.2, 0) is 19.1 Å². The fraction of sp³-hybridized carbons (Fsp3) is 0.471. The van der Waals surface area contributed by atoms with Crippen LogP contribution in [0, 0.1) is 11.8 Å². The van der Waals surface area contributed by atoms with Crippen LogP contribution in [0.3, 0.4) is 0 Å². The third-order valence-electron chi connectivity index (χ3n) is 5.21. The lowest BCUT2D eigenvalue weighted by Crippen LogP contribution is -2.55. The highest BCUT2D eigenvalue weighted by molar-refractivity contribution is 6.30. The van der Waals surface area contributed by atoms with Gasteiger partial charge in [0, 0.05) is 18.1 Å². The van der Waals surface area contributed by atoms with Crippen LogP contribution >= 0.6 is 11.6 Å². The molecule has 2 fully saturated rings. The van der Waals surface area contributed by atoms with Crippen molar-refractivity contribution in [3.63, 3.8) is 0 Å². The number of methoxy groups -OCH3 is 1. The Bertz CT molecular complexity index is 705. The lowest BCUT2D eigenvalue weighted by Gasteiger charge is -2.30. The number of imide groups is 1. The van der Waals surface area contributed by atoms with Gasteiger partial charge in [-0.2, -0.15) is 0 Å². The van der Waals surface area contributed by atoms with Crippen molar-refractivity contribution in [3.8, 4) is 0 Å². The highest BCUT2D eigenvalue weighted by Crippen LogP contribution is 2.50. The number of carbonyl (C=O) groups excluding carboxylic acids is 3. The summed E-state index contributed by atoms with van der Waals surface area (Å²) >= 11 is 5.94. The normalized spacial score (nSPS) is 32.2. The lowest BCUT2D eigenvalue weighted by molar-refractivity contribution is -0.154. The quantitative estimate of drug-likeness (QED) is 0.661. The van der Waals surface area contributed by atoms with Crippen molar-refractivity contribution in [1.29, 1.82) is 0 Å². The van der Waals surface area contributed by atoms with Crippen LogP contribution in [0.25, 0.3) is 0 Å². The van der Waals surface area contributed by atoms with E-state index in [0.29, 0.717) is 11.4 Å². The monoisotopic (exact) mass is 350 g/mol. The molecule has 2 aliphatic rings. The van der Waals surface area contributed by atoms with E-state index in [0.717, 1.165) is 10.5 Å². The molecule has 1 N–H and O–H groups in total. The van der Waals surface area contributed by atoms with Gasteiger partial charge in [0.1, 0.15) is 5.54 Å². The standard InChI is InChI=1S/C17H19ClN2O4/c1-4-17(16(23)24-3)12-11(14(21)20(2)15(12)22)13(19-17)9-5-7-10(18)8-6-9/h5-8,11-13,19H,4H2,1-3H3. The smallest absolute Gasteiger partial charge is 0.326 e. The first kappa shape index (κ1) is 16.9. The number of esters is 1.